The van der Waals surface area contributed by atoms with Crippen molar-refractivity contribution in [1.82, 2.24) is 9.55 Å². The van der Waals surface area contributed by atoms with E-state index in [9.17, 15) is 4.79 Å². The molecular formula is C13H15ClN2O2. The van der Waals surface area contributed by atoms with Gasteiger partial charge in [0.2, 0.25) is 0 Å². The van der Waals surface area contributed by atoms with Gasteiger partial charge in [0.15, 0.2) is 0 Å². The van der Waals surface area contributed by atoms with Gasteiger partial charge in [-0.3, -0.25) is 4.79 Å². The molecule has 0 aliphatic rings. The third-order valence-corrected chi connectivity index (χ3v) is 3.00. The number of rotatable bonds is 4. The van der Waals surface area contributed by atoms with Gasteiger partial charge in [-0.05, 0) is 25.5 Å². The number of fused-ring (bicyclic) bond motifs is 1. The second-order valence-electron chi connectivity index (χ2n) is 4.00. The van der Waals surface area contributed by atoms with E-state index in [4.69, 9.17) is 16.3 Å². The van der Waals surface area contributed by atoms with Crippen LogP contribution in [0.25, 0.3) is 11.0 Å². The fourth-order valence-corrected chi connectivity index (χ4v) is 2.23. The molecule has 2 rings (SSSR count). The summed E-state index contributed by atoms with van der Waals surface area (Å²) < 4.78 is 6.80. The predicted molar refractivity (Wildman–Crippen MR) is 70.7 cm³/mol. The van der Waals surface area contributed by atoms with Crippen LogP contribution in [0.4, 0.5) is 0 Å². The molecule has 18 heavy (non-hydrogen) atoms. The summed E-state index contributed by atoms with van der Waals surface area (Å²) in [6, 6.07) is 5.85. The van der Waals surface area contributed by atoms with Crippen LogP contribution in [0.5, 0.6) is 0 Å². The Kier molecular flexibility index (Phi) is 3.87. The number of aromatic nitrogens is 2. The quantitative estimate of drug-likeness (QED) is 0.631. The Hall–Kier alpha value is -1.55. The fraction of sp³-hybridized carbons (Fsp3) is 0.385. The van der Waals surface area contributed by atoms with Gasteiger partial charge in [0.05, 0.1) is 23.5 Å². The van der Waals surface area contributed by atoms with E-state index in [1.165, 1.54) is 0 Å². The first-order chi connectivity index (χ1) is 8.67. The number of hydrogen-bond donors (Lipinski definition) is 0. The van der Waals surface area contributed by atoms with Gasteiger partial charge in [-0.25, -0.2) is 4.98 Å². The topological polar surface area (TPSA) is 44.1 Å². The zero-order valence-corrected chi connectivity index (χ0v) is 11.2. The van der Waals surface area contributed by atoms with Crippen LogP contribution in [-0.2, 0) is 22.0 Å². The van der Waals surface area contributed by atoms with Gasteiger partial charge < -0.3 is 9.30 Å². The molecule has 1 heterocycles. The number of imidazole rings is 1. The summed E-state index contributed by atoms with van der Waals surface area (Å²) in [5.74, 6) is 0.688. The number of esters is 1. The number of halogens is 1. The molecule has 0 unspecified atom stereocenters. The zero-order chi connectivity index (χ0) is 13.1. The molecule has 2 aromatic rings. The van der Waals surface area contributed by atoms with E-state index >= 15 is 0 Å². The smallest absolute Gasteiger partial charge is 0.326 e. The van der Waals surface area contributed by atoms with E-state index in [-0.39, 0.29) is 18.4 Å². The fourth-order valence-electron chi connectivity index (χ4n) is 2.02. The number of benzene rings is 1. The van der Waals surface area contributed by atoms with Crippen LogP contribution >= 0.6 is 11.6 Å². The van der Waals surface area contributed by atoms with Gasteiger partial charge >= 0.3 is 5.97 Å². The number of carbonyl (C=O) groups is 1. The van der Waals surface area contributed by atoms with E-state index < -0.39 is 0 Å². The van der Waals surface area contributed by atoms with Crippen molar-refractivity contribution >= 4 is 28.6 Å². The standard InChI is InChI=1S/C13H15ClN2O2/c1-3-18-12(17)8-16-11(7-14)15-10-6-4-5-9(2)13(10)16/h4-6H,3,7-8H2,1-2H3. The van der Waals surface area contributed by atoms with E-state index in [2.05, 4.69) is 4.98 Å². The molecule has 0 atom stereocenters. The second-order valence-corrected chi connectivity index (χ2v) is 4.26. The lowest BCUT2D eigenvalue weighted by molar-refractivity contribution is -0.143. The summed E-state index contributed by atoms with van der Waals surface area (Å²) in [4.78, 5) is 16.0. The molecule has 96 valence electrons. The number of para-hydroxylation sites is 1. The van der Waals surface area contributed by atoms with Crippen molar-refractivity contribution in [3.8, 4) is 0 Å². The Morgan fingerprint density at radius 2 is 2.28 bits per heavy atom. The molecule has 0 amide bonds. The molecule has 0 radical (unpaired) electrons. The van der Waals surface area contributed by atoms with Crippen LogP contribution in [0, 0.1) is 6.92 Å². The van der Waals surface area contributed by atoms with Crippen molar-refractivity contribution in [2.75, 3.05) is 6.61 Å². The summed E-state index contributed by atoms with van der Waals surface area (Å²) in [5.41, 5.74) is 2.87. The van der Waals surface area contributed by atoms with E-state index in [1.807, 2.05) is 29.7 Å². The molecule has 0 bridgehead atoms. The number of hydrogen-bond acceptors (Lipinski definition) is 3. The first kappa shape index (κ1) is 12.9. The first-order valence-electron chi connectivity index (χ1n) is 5.83. The molecule has 5 heteroatoms. The van der Waals surface area contributed by atoms with Crippen LogP contribution < -0.4 is 0 Å². The molecule has 0 saturated heterocycles. The Labute approximate surface area is 111 Å². The summed E-state index contributed by atoms with van der Waals surface area (Å²) in [6.45, 7) is 4.30. The molecule has 1 aromatic heterocycles. The number of alkyl halides is 1. The molecular weight excluding hydrogens is 252 g/mol. The molecule has 0 saturated carbocycles. The summed E-state index contributed by atoms with van der Waals surface area (Å²) in [5, 5.41) is 0. The Balaban J connectivity index is 2.49. The summed E-state index contributed by atoms with van der Waals surface area (Å²) in [7, 11) is 0. The van der Waals surface area contributed by atoms with Crippen molar-refractivity contribution in [2.24, 2.45) is 0 Å². The maximum Gasteiger partial charge on any atom is 0.326 e. The second kappa shape index (κ2) is 5.40. The SMILES string of the molecule is CCOC(=O)Cn1c(CCl)nc2cccc(C)c21. The van der Waals surface area contributed by atoms with Gasteiger partial charge in [0, 0.05) is 0 Å². The van der Waals surface area contributed by atoms with Gasteiger partial charge in [-0.1, -0.05) is 12.1 Å². The maximum atomic E-state index is 11.6. The van der Waals surface area contributed by atoms with Gasteiger partial charge in [0.1, 0.15) is 12.4 Å². The van der Waals surface area contributed by atoms with Crippen molar-refractivity contribution in [1.29, 1.82) is 0 Å². The third kappa shape index (κ3) is 2.34. The van der Waals surface area contributed by atoms with Gasteiger partial charge in [-0.2, -0.15) is 0 Å². The minimum Gasteiger partial charge on any atom is -0.465 e. The van der Waals surface area contributed by atoms with Crippen LogP contribution in [0.3, 0.4) is 0 Å². The highest BCUT2D eigenvalue weighted by atomic mass is 35.5. The lowest BCUT2D eigenvalue weighted by Crippen LogP contribution is -2.15. The van der Waals surface area contributed by atoms with Crippen LogP contribution in [0.1, 0.15) is 18.3 Å². The van der Waals surface area contributed by atoms with Crippen molar-refractivity contribution in [3.63, 3.8) is 0 Å². The van der Waals surface area contributed by atoms with Crippen LogP contribution in [0.15, 0.2) is 18.2 Å². The molecule has 0 N–H and O–H groups in total. The highest BCUT2D eigenvalue weighted by Crippen LogP contribution is 2.21. The molecule has 4 nitrogen and oxygen atoms in total. The van der Waals surface area contributed by atoms with Gasteiger partial charge in [-0.15, -0.1) is 11.6 Å². The monoisotopic (exact) mass is 266 g/mol. The highest BCUT2D eigenvalue weighted by molar-refractivity contribution is 6.16. The average Bonchev–Trinajstić information content (AvgIpc) is 2.69. The van der Waals surface area contributed by atoms with E-state index in [0.717, 1.165) is 16.6 Å². The Bertz CT molecular complexity index is 578. The molecule has 0 spiro atoms. The number of aryl methyl sites for hydroxylation is 1. The molecule has 0 aliphatic carbocycles. The van der Waals surface area contributed by atoms with Crippen molar-refractivity contribution in [2.45, 2.75) is 26.3 Å². The van der Waals surface area contributed by atoms with Gasteiger partial charge in [0.25, 0.3) is 0 Å². The zero-order valence-electron chi connectivity index (χ0n) is 10.4. The minimum absolute atomic E-state index is 0.150. The number of nitrogens with zero attached hydrogens (tertiary/aromatic N) is 2. The Morgan fingerprint density at radius 1 is 1.50 bits per heavy atom. The number of ether oxygens (including phenoxy) is 1. The average molecular weight is 267 g/mol. The molecule has 1 aromatic carbocycles. The Morgan fingerprint density at radius 3 is 2.94 bits per heavy atom. The molecule has 0 fully saturated rings. The lowest BCUT2D eigenvalue weighted by atomic mass is 10.2. The highest BCUT2D eigenvalue weighted by Gasteiger charge is 2.14. The molecule has 0 aliphatic heterocycles. The van der Waals surface area contributed by atoms with Crippen LogP contribution in [0.2, 0.25) is 0 Å². The summed E-state index contributed by atoms with van der Waals surface area (Å²) >= 11 is 5.88. The van der Waals surface area contributed by atoms with Crippen LogP contribution in [-0.4, -0.2) is 22.1 Å². The normalized spacial score (nSPS) is 10.8. The largest absolute Gasteiger partial charge is 0.465 e. The summed E-state index contributed by atoms with van der Waals surface area (Å²) in [6.07, 6.45) is 0. The first-order valence-corrected chi connectivity index (χ1v) is 6.37. The number of carbonyl (C=O) groups excluding carboxylic acids is 1. The predicted octanol–water partition coefficient (Wildman–Crippen LogP) is 2.65. The lowest BCUT2D eigenvalue weighted by Gasteiger charge is -2.08. The minimum atomic E-state index is -0.272. The third-order valence-electron chi connectivity index (χ3n) is 2.76. The van der Waals surface area contributed by atoms with Crippen molar-refractivity contribution in [3.05, 3.63) is 29.6 Å². The maximum absolute atomic E-state index is 11.6. The van der Waals surface area contributed by atoms with Crippen molar-refractivity contribution < 1.29 is 9.53 Å². The van der Waals surface area contributed by atoms with E-state index in [1.54, 1.807) is 6.92 Å². The van der Waals surface area contributed by atoms with E-state index in [0.29, 0.717) is 12.4 Å².